The van der Waals surface area contributed by atoms with Crippen molar-refractivity contribution in [2.45, 2.75) is 26.8 Å². The topological polar surface area (TPSA) is 68.1 Å². The van der Waals surface area contributed by atoms with Gasteiger partial charge in [-0.25, -0.2) is 4.68 Å². The van der Waals surface area contributed by atoms with Crippen LogP contribution in [-0.4, -0.2) is 38.7 Å². The number of hydrogen-bond acceptors (Lipinski definition) is 4. The lowest BCUT2D eigenvalue weighted by Gasteiger charge is -2.35. The highest BCUT2D eigenvalue weighted by Gasteiger charge is 2.25. The Morgan fingerprint density at radius 3 is 2.62 bits per heavy atom. The zero-order valence-corrected chi connectivity index (χ0v) is 14.1. The van der Waals surface area contributed by atoms with E-state index in [2.05, 4.69) is 23.9 Å². The Kier molecular flexibility index (Phi) is 4.74. The molecule has 6 heteroatoms. The van der Waals surface area contributed by atoms with Gasteiger partial charge in [0.05, 0.1) is 5.69 Å². The van der Waals surface area contributed by atoms with Crippen LogP contribution in [0.4, 0.5) is 0 Å². The lowest BCUT2D eigenvalue weighted by molar-refractivity contribution is -0.134. The van der Waals surface area contributed by atoms with E-state index in [-0.39, 0.29) is 18.0 Å². The van der Waals surface area contributed by atoms with Gasteiger partial charge in [-0.1, -0.05) is 13.8 Å². The molecule has 1 saturated heterocycles. The summed E-state index contributed by atoms with van der Waals surface area (Å²) in [6, 6.07) is 6.80. The molecule has 0 aliphatic carbocycles. The van der Waals surface area contributed by atoms with Crippen LogP contribution in [0.5, 0.6) is 0 Å². The van der Waals surface area contributed by atoms with E-state index in [0.29, 0.717) is 17.5 Å². The minimum Gasteiger partial charge on any atom is -0.341 e. The van der Waals surface area contributed by atoms with Crippen LogP contribution in [0.25, 0.3) is 11.3 Å². The molecule has 1 amide bonds. The third kappa shape index (κ3) is 3.69. The van der Waals surface area contributed by atoms with Crippen molar-refractivity contribution in [1.29, 1.82) is 0 Å². The third-order valence-electron chi connectivity index (χ3n) is 4.33. The van der Waals surface area contributed by atoms with Crippen molar-refractivity contribution < 1.29 is 4.79 Å². The van der Waals surface area contributed by atoms with Gasteiger partial charge < -0.3 is 4.90 Å². The molecule has 6 nitrogen and oxygen atoms in total. The van der Waals surface area contributed by atoms with Crippen LogP contribution in [0.3, 0.4) is 0 Å². The quantitative estimate of drug-likeness (QED) is 0.863. The minimum atomic E-state index is -0.269. The summed E-state index contributed by atoms with van der Waals surface area (Å²) in [6.45, 7) is 5.79. The van der Waals surface area contributed by atoms with Crippen LogP contribution in [0.1, 0.15) is 20.3 Å². The average molecular weight is 326 g/mol. The highest BCUT2D eigenvalue weighted by atomic mass is 16.2. The van der Waals surface area contributed by atoms with Gasteiger partial charge in [0.1, 0.15) is 6.54 Å². The Hall–Kier alpha value is -2.50. The molecule has 1 aliphatic rings. The van der Waals surface area contributed by atoms with Crippen molar-refractivity contribution in [3.05, 3.63) is 47.0 Å². The fourth-order valence-electron chi connectivity index (χ4n) is 3.33. The zero-order chi connectivity index (χ0) is 17.1. The second-order valence-electron chi connectivity index (χ2n) is 6.70. The number of aromatic nitrogens is 3. The molecule has 0 radical (unpaired) electrons. The van der Waals surface area contributed by atoms with Gasteiger partial charge in [-0.15, -0.1) is 0 Å². The number of amides is 1. The van der Waals surface area contributed by atoms with Gasteiger partial charge in [-0.3, -0.25) is 14.6 Å². The maximum atomic E-state index is 12.6. The van der Waals surface area contributed by atoms with Gasteiger partial charge in [0.15, 0.2) is 0 Å². The molecule has 126 valence electrons. The molecule has 3 heterocycles. The third-order valence-corrected chi connectivity index (χ3v) is 4.33. The lowest BCUT2D eigenvalue weighted by Crippen LogP contribution is -2.45. The molecule has 3 rings (SSSR count). The van der Waals surface area contributed by atoms with Crippen molar-refractivity contribution in [2.24, 2.45) is 11.8 Å². The molecule has 0 spiro atoms. The van der Waals surface area contributed by atoms with Crippen molar-refractivity contribution in [3.8, 4) is 11.3 Å². The Labute approximate surface area is 141 Å². The summed E-state index contributed by atoms with van der Waals surface area (Å²) in [5.74, 6) is 0.930. The maximum absolute atomic E-state index is 12.6. The highest BCUT2D eigenvalue weighted by molar-refractivity contribution is 5.76. The highest BCUT2D eigenvalue weighted by Crippen LogP contribution is 2.21. The van der Waals surface area contributed by atoms with E-state index in [1.165, 1.54) is 10.7 Å². The summed E-state index contributed by atoms with van der Waals surface area (Å²) in [5.41, 5.74) is 1.18. The second kappa shape index (κ2) is 6.95. The largest absolute Gasteiger partial charge is 0.341 e. The molecule has 0 aromatic carbocycles. The second-order valence-corrected chi connectivity index (χ2v) is 6.70. The van der Waals surface area contributed by atoms with Crippen molar-refractivity contribution in [2.75, 3.05) is 13.1 Å². The van der Waals surface area contributed by atoms with Gasteiger partial charge in [-0.2, -0.15) is 5.10 Å². The first-order valence-corrected chi connectivity index (χ1v) is 8.29. The van der Waals surface area contributed by atoms with Crippen LogP contribution in [-0.2, 0) is 11.3 Å². The van der Waals surface area contributed by atoms with Gasteiger partial charge in [0.25, 0.3) is 5.56 Å². The molecular weight excluding hydrogens is 304 g/mol. The summed E-state index contributed by atoms with van der Waals surface area (Å²) in [4.78, 5) is 30.5. The van der Waals surface area contributed by atoms with E-state index in [4.69, 9.17) is 0 Å². The molecule has 1 aliphatic heterocycles. The maximum Gasteiger partial charge on any atom is 0.267 e. The molecule has 1 fully saturated rings. The number of carbonyl (C=O) groups is 1. The number of hydrogen-bond donors (Lipinski definition) is 0. The van der Waals surface area contributed by atoms with Gasteiger partial charge in [-0.05, 0) is 36.5 Å². The molecule has 2 unspecified atom stereocenters. The summed E-state index contributed by atoms with van der Waals surface area (Å²) < 4.78 is 1.24. The molecule has 2 aromatic heterocycles. The van der Waals surface area contributed by atoms with Crippen LogP contribution in [0, 0.1) is 11.8 Å². The lowest BCUT2D eigenvalue weighted by atomic mass is 9.92. The summed E-state index contributed by atoms with van der Waals surface area (Å²) in [5, 5.41) is 4.33. The Balaban J connectivity index is 1.79. The minimum absolute atomic E-state index is 0.0215. The number of likely N-dealkylation sites (tertiary alicyclic amines) is 1. The van der Waals surface area contributed by atoms with Gasteiger partial charge >= 0.3 is 0 Å². The first-order chi connectivity index (χ1) is 11.5. The number of carbonyl (C=O) groups excluding carboxylic acids is 1. The fraction of sp³-hybridized carbons (Fsp3) is 0.444. The molecule has 24 heavy (non-hydrogen) atoms. The molecule has 2 atom stereocenters. The standard InChI is InChI=1S/C18H22N4O2/c1-13-8-14(2)11-21(10-13)18(24)12-22-17(23)6-5-16(20-22)15-4-3-7-19-9-15/h3-7,9,13-14H,8,10-12H2,1-2H3. The number of nitrogens with zero attached hydrogens (tertiary/aromatic N) is 4. The predicted octanol–water partition coefficient (Wildman–Crippen LogP) is 1.81. The summed E-state index contributed by atoms with van der Waals surface area (Å²) >= 11 is 0. The van der Waals surface area contributed by atoms with E-state index < -0.39 is 0 Å². The zero-order valence-electron chi connectivity index (χ0n) is 14.1. The van der Waals surface area contributed by atoms with Crippen LogP contribution >= 0.6 is 0 Å². The van der Waals surface area contributed by atoms with Crippen LogP contribution in [0.15, 0.2) is 41.5 Å². The number of piperidine rings is 1. The SMILES string of the molecule is CC1CC(C)CN(C(=O)Cn2nc(-c3cccnc3)ccc2=O)C1. The average Bonchev–Trinajstić information content (AvgIpc) is 2.56. The van der Waals surface area contributed by atoms with E-state index in [9.17, 15) is 9.59 Å². The normalized spacial score (nSPS) is 20.8. The first kappa shape index (κ1) is 16.4. The van der Waals surface area contributed by atoms with Crippen molar-refractivity contribution >= 4 is 5.91 Å². The van der Waals surface area contributed by atoms with E-state index in [1.807, 2.05) is 17.0 Å². The van der Waals surface area contributed by atoms with E-state index >= 15 is 0 Å². The van der Waals surface area contributed by atoms with Crippen LogP contribution < -0.4 is 5.56 Å². The van der Waals surface area contributed by atoms with Crippen molar-refractivity contribution in [1.82, 2.24) is 19.7 Å². The molecule has 2 aromatic rings. The monoisotopic (exact) mass is 326 g/mol. The summed E-state index contributed by atoms with van der Waals surface area (Å²) in [7, 11) is 0. The Bertz CT molecular complexity index is 762. The molecule has 0 saturated carbocycles. The van der Waals surface area contributed by atoms with Crippen molar-refractivity contribution in [3.63, 3.8) is 0 Å². The molecule has 0 bridgehead atoms. The first-order valence-electron chi connectivity index (χ1n) is 8.29. The summed E-state index contributed by atoms with van der Waals surface area (Å²) in [6.07, 6.45) is 4.51. The molecular formula is C18H22N4O2. The number of rotatable bonds is 3. The van der Waals surface area contributed by atoms with Gasteiger partial charge in [0, 0.05) is 37.1 Å². The smallest absolute Gasteiger partial charge is 0.267 e. The Morgan fingerprint density at radius 1 is 1.21 bits per heavy atom. The predicted molar refractivity (Wildman–Crippen MR) is 91.3 cm³/mol. The van der Waals surface area contributed by atoms with E-state index in [0.717, 1.165) is 25.1 Å². The fourth-order valence-corrected chi connectivity index (χ4v) is 3.33. The molecule has 0 N–H and O–H groups in total. The number of pyridine rings is 1. The van der Waals surface area contributed by atoms with Crippen LogP contribution in [0.2, 0.25) is 0 Å². The Morgan fingerprint density at radius 2 is 1.96 bits per heavy atom. The van der Waals surface area contributed by atoms with E-state index in [1.54, 1.807) is 18.5 Å². The van der Waals surface area contributed by atoms with Gasteiger partial charge in [0.2, 0.25) is 5.91 Å².